The molecule has 1 aliphatic carbocycles. The summed E-state index contributed by atoms with van der Waals surface area (Å²) < 4.78 is 5.24. The van der Waals surface area contributed by atoms with E-state index in [4.69, 9.17) is 10.5 Å². The molecule has 0 spiro atoms. The highest BCUT2D eigenvalue weighted by molar-refractivity contribution is 5.98. The Bertz CT molecular complexity index is 474. The first kappa shape index (κ1) is 14.7. The average Bonchev–Trinajstić information content (AvgIpc) is 2.47. The van der Waals surface area contributed by atoms with Gasteiger partial charge in [-0.1, -0.05) is 26.2 Å². The van der Waals surface area contributed by atoms with Crippen molar-refractivity contribution in [1.82, 2.24) is 5.32 Å². The summed E-state index contributed by atoms with van der Waals surface area (Å²) >= 11 is 0. The minimum absolute atomic E-state index is 0.0871. The van der Waals surface area contributed by atoms with Gasteiger partial charge in [0.05, 0.1) is 12.7 Å². The second-order valence-electron chi connectivity index (χ2n) is 5.57. The number of carbonyl (C=O) groups excluding carboxylic acids is 1. The number of anilines is 1. The Morgan fingerprint density at radius 3 is 2.95 bits per heavy atom. The Hall–Kier alpha value is -1.71. The summed E-state index contributed by atoms with van der Waals surface area (Å²) in [5.74, 6) is 1.22. The van der Waals surface area contributed by atoms with E-state index in [2.05, 4.69) is 12.2 Å². The van der Waals surface area contributed by atoms with Gasteiger partial charge in [0, 0.05) is 11.7 Å². The van der Waals surface area contributed by atoms with Crippen LogP contribution in [0.1, 0.15) is 49.4 Å². The third-order valence-corrected chi connectivity index (χ3v) is 4.16. The molecule has 2 unspecified atom stereocenters. The number of nitrogens with two attached hydrogens (primary N) is 1. The minimum Gasteiger partial charge on any atom is -0.496 e. The second kappa shape index (κ2) is 6.64. The highest BCUT2D eigenvalue weighted by Crippen LogP contribution is 2.27. The number of benzene rings is 1. The molecule has 0 aromatic heterocycles. The fourth-order valence-electron chi connectivity index (χ4n) is 2.96. The molecule has 3 N–H and O–H groups in total. The van der Waals surface area contributed by atoms with Gasteiger partial charge in [0.25, 0.3) is 5.91 Å². The zero-order valence-electron chi connectivity index (χ0n) is 12.3. The number of nitrogens with one attached hydrogen (secondary N) is 1. The third-order valence-electron chi connectivity index (χ3n) is 4.16. The van der Waals surface area contributed by atoms with E-state index in [9.17, 15) is 4.79 Å². The lowest BCUT2D eigenvalue weighted by molar-refractivity contribution is 0.0916. The standard InChI is InChI=1S/C16H24N2O2/c1-3-11-5-4-6-13(9-11)18-16(19)14-10-12(17)7-8-15(14)20-2/h7-8,10-11,13H,3-6,9,17H2,1-2H3,(H,18,19). The van der Waals surface area contributed by atoms with Crippen LogP contribution in [0.4, 0.5) is 5.69 Å². The molecule has 1 fully saturated rings. The topological polar surface area (TPSA) is 64.4 Å². The minimum atomic E-state index is -0.0871. The van der Waals surface area contributed by atoms with Crippen molar-refractivity contribution in [3.8, 4) is 5.75 Å². The molecule has 2 rings (SSSR count). The molecule has 0 heterocycles. The van der Waals surface area contributed by atoms with Crippen LogP contribution in [0.3, 0.4) is 0 Å². The zero-order valence-corrected chi connectivity index (χ0v) is 12.3. The number of amides is 1. The van der Waals surface area contributed by atoms with Crippen LogP contribution >= 0.6 is 0 Å². The van der Waals surface area contributed by atoms with Crippen LogP contribution in [0.25, 0.3) is 0 Å². The van der Waals surface area contributed by atoms with Gasteiger partial charge >= 0.3 is 0 Å². The van der Waals surface area contributed by atoms with Gasteiger partial charge in [-0.25, -0.2) is 0 Å². The van der Waals surface area contributed by atoms with Crippen LogP contribution < -0.4 is 15.8 Å². The van der Waals surface area contributed by atoms with Crippen molar-refractivity contribution >= 4 is 11.6 Å². The summed E-state index contributed by atoms with van der Waals surface area (Å²) in [5, 5.41) is 3.13. The van der Waals surface area contributed by atoms with Crippen molar-refractivity contribution in [1.29, 1.82) is 0 Å². The summed E-state index contributed by atoms with van der Waals surface area (Å²) in [7, 11) is 1.57. The van der Waals surface area contributed by atoms with E-state index in [1.807, 2.05) is 0 Å². The van der Waals surface area contributed by atoms with Gasteiger partial charge in [-0.15, -0.1) is 0 Å². The molecule has 1 amide bonds. The van der Waals surface area contributed by atoms with Gasteiger partial charge in [-0.05, 0) is 37.0 Å². The van der Waals surface area contributed by atoms with Gasteiger partial charge in [0.15, 0.2) is 0 Å². The van der Waals surface area contributed by atoms with Crippen molar-refractivity contribution in [2.45, 2.75) is 45.1 Å². The van der Waals surface area contributed by atoms with E-state index in [0.717, 1.165) is 18.8 Å². The summed E-state index contributed by atoms with van der Waals surface area (Å²) in [6.45, 7) is 2.22. The Balaban J connectivity index is 2.06. The van der Waals surface area contributed by atoms with Gasteiger partial charge in [-0.3, -0.25) is 4.79 Å². The van der Waals surface area contributed by atoms with Crippen molar-refractivity contribution in [2.24, 2.45) is 5.92 Å². The quantitative estimate of drug-likeness (QED) is 0.831. The van der Waals surface area contributed by atoms with E-state index < -0.39 is 0 Å². The van der Waals surface area contributed by atoms with Crippen molar-refractivity contribution in [2.75, 3.05) is 12.8 Å². The molecule has 1 aliphatic rings. The first-order chi connectivity index (χ1) is 9.63. The van der Waals surface area contributed by atoms with Crippen LogP contribution in [-0.4, -0.2) is 19.1 Å². The van der Waals surface area contributed by atoms with E-state index >= 15 is 0 Å². The molecule has 1 aromatic carbocycles. The molecular formula is C16H24N2O2. The Morgan fingerprint density at radius 2 is 2.25 bits per heavy atom. The van der Waals surface area contributed by atoms with Gasteiger partial charge in [-0.2, -0.15) is 0 Å². The Morgan fingerprint density at radius 1 is 1.45 bits per heavy atom. The molecule has 1 aromatic rings. The highest BCUT2D eigenvalue weighted by Gasteiger charge is 2.23. The lowest BCUT2D eigenvalue weighted by Crippen LogP contribution is -2.38. The molecule has 110 valence electrons. The normalized spacial score (nSPS) is 22.3. The lowest BCUT2D eigenvalue weighted by atomic mass is 9.84. The molecule has 20 heavy (non-hydrogen) atoms. The largest absolute Gasteiger partial charge is 0.496 e. The number of hydrogen-bond donors (Lipinski definition) is 2. The second-order valence-corrected chi connectivity index (χ2v) is 5.57. The van der Waals surface area contributed by atoms with Crippen molar-refractivity contribution < 1.29 is 9.53 Å². The SMILES string of the molecule is CCC1CCCC(NC(=O)c2cc(N)ccc2OC)C1. The lowest BCUT2D eigenvalue weighted by Gasteiger charge is -2.29. The number of rotatable bonds is 4. The monoisotopic (exact) mass is 276 g/mol. The Kier molecular flexibility index (Phi) is 4.88. The predicted octanol–water partition coefficient (Wildman–Crippen LogP) is 2.98. The number of hydrogen-bond acceptors (Lipinski definition) is 3. The van der Waals surface area contributed by atoms with Crippen LogP contribution in [-0.2, 0) is 0 Å². The molecule has 2 atom stereocenters. The van der Waals surface area contributed by atoms with Crippen LogP contribution in [0.2, 0.25) is 0 Å². The van der Waals surface area contributed by atoms with Crippen LogP contribution in [0.5, 0.6) is 5.75 Å². The Labute approximate surface area is 120 Å². The maximum atomic E-state index is 12.4. The van der Waals surface area contributed by atoms with Gasteiger partial charge in [0.2, 0.25) is 0 Å². The molecule has 0 bridgehead atoms. The predicted molar refractivity (Wildman–Crippen MR) is 80.9 cm³/mol. The highest BCUT2D eigenvalue weighted by atomic mass is 16.5. The average molecular weight is 276 g/mol. The molecule has 1 saturated carbocycles. The molecule has 4 heteroatoms. The summed E-state index contributed by atoms with van der Waals surface area (Å²) in [5.41, 5.74) is 6.86. The third kappa shape index (κ3) is 3.44. The molecule has 4 nitrogen and oxygen atoms in total. The van der Waals surface area contributed by atoms with E-state index in [0.29, 0.717) is 17.0 Å². The van der Waals surface area contributed by atoms with Gasteiger partial charge < -0.3 is 15.8 Å². The van der Waals surface area contributed by atoms with Gasteiger partial charge in [0.1, 0.15) is 5.75 Å². The summed E-state index contributed by atoms with van der Waals surface area (Å²) in [6, 6.07) is 5.42. The van der Waals surface area contributed by atoms with Crippen LogP contribution in [0, 0.1) is 5.92 Å². The first-order valence-electron chi connectivity index (χ1n) is 7.38. The summed E-state index contributed by atoms with van der Waals surface area (Å²) in [4.78, 5) is 12.4. The number of nitrogen functional groups attached to an aromatic ring is 1. The van der Waals surface area contributed by atoms with Crippen molar-refractivity contribution in [3.05, 3.63) is 23.8 Å². The fraction of sp³-hybridized carbons (Fsp3) is 0.562. The zero-order chi connectivity index (χ0) is 14.5. The maximum absolute atomic E-state index is 12.4. The van der Waals surface area contributed by atoms with Crippen molar-refractivity contribution in [3.63, 3.8) is 0 Å². The number of carbonyl (C=O) groups is 1. The molecule has 0 aliphatic heterocycles. The van der Waals surface area contributed by atoms with E-state index in [1.165, 1.54) is 19.3 Å². The fourth-order valence-corrected chi connectivity index (χ4v) is 2.96. The molecular weight excluding hydrogens is 252 g/mol. The van der Waals surface area contributed by atoms with E-state index in [-0.39, 0.29) is 11.9 Å². The maximum Gasteiger partial charge on any atom is 0.255 e. The summed E-state index contributed by atoms with van der Waals surface area (Å²) in [6.07, 6.45) is 5.80. The van der Waals surface area contributed by atoms with E-state index in [1.54, 1.807) is 25.3 Å². The molecule has 0 radical (unpaired) electrons. The molecule has 0 saturated heterocycles. The number of ether oxygens (including phenoxy) is 1. The number of methoxy groups -OCH3 is 1. The smallest absolute Gasteiger partial charge is 0.255 e. The first-order valence-corrected chi connectivity index (χ1v) is 7.38. The van der Waals surface area contributed by atoms with Crippen LogP contribution in [0.15, 0.2) is 18.2 Å².